The lowest BCUT2D eigenvalue weighted by Crippen LogP contribution is -2.55. The molecule has 1 aliphatic heterocycles. The van der Waals surface area contributed by atoms with Gasteiger partial charge in [-0.05, 0) is 24.8 Å². The van der Waals surface area contributed by atoms with Crippen molar-refractivity contribution in [3.8, 4) is 0 Å². The minimum absolute atomic E-state index is 0.0833. The van der Waals surface area contributed by atoms with E-state index in [1.165, 1.54) is 0 Å². The van der Waals surface area contributed by atoms with Gasteiger partial charge in [-0.25, -0.2) is 0 Å². The molecule has 3 nitrogen and oxygen atoms in total. The first kappa shape index (κ1) is 8.97. The Hall–Kier alpha value is -0.120. The molecule has 3 heteroatoms. The van der Waals surface area contributed by atoms with Crippen LogP contribution in [0.15, 0.2) is 0 Å². The molecule has 2 atom stereocenters. The molecule has 0 radical (unpaired) electrons. The van der Waals surface area contributed by atoms with Crippen molar-refractivity contribution in [2.75, 3.05) is 13.2 Å². The number of rotatable bonds is 3. The fourth-order valence-electron chi connectivity index (χ4n) is 1.69. The van der Waals surface area contributed by atoms with Crippen LogP contribution in [0.2, 0.25) is 0 Å². The summed E-state index contributed by atoms with van der Waals surface area (Å²) in [5, 5.41) is 20.7. The Morgan fingerprint density at radius 2 is 2.27 bits per heavy atom. The van der Waals surface area contributed by atoms with E-state index in [0.717, 1.165) is 5.06 Å². The van der Waals surface area contributed by atoms with E-state index in [2.05, 4.69) is 13.8 Å². The molecule has 1 rings (SSSR count). The van der Waals surface area contributed by atoms with Gasteiger partial charge in [-0.2, -0.15) is 0 Å². The molecule has 0 aromatic heterocycles. The quantitative estimate of drug-likeness (QED) is 0.661. The van der Waals surface area contributed by atoms with Crippen LogP contribution in [-0.2, 0) is 0 Å². The molecule has 0 aromatic carbocycles. The summed E-state index contributed by atoms with van der Waals surface area (Å²) < 4.78 is 0. The van der Waals surface area contributed by atoms with Gasteiger partial charge in [-0.1, -0.05) is 13.8 Å². The standard InChI is InChI=1S/C8H16NO2/c1-6(2)7-5-9(11)8(7)3-4-10/h6-8,10H,3-5H2,1-2H3/q-1. The summed E-state index contributed by atoms with van der Waals surface area (Å²) in [6, 6.07) is 0.0833. The van der Waals surface area contributed by atoms with Crippen molar-refractivity contribution in [2.24, 2.45) is 11.8 Å². The minimum atomic E-state index is 0.0833. The monoisotopic (exact) mass is 158 g/mol. The number of hydrogen-bond donors (Lipinski definition) is 1. The predicted octanol–water partition coefficient (Wildman–Crippen LogP) is 0.823. The number of hydrogen-bond acceptors (Lipinski definition) is 3. The molecule has 0 bridgehead atoms. The average molecular weight is 158 g/mol. The lowest BCUT2D eigenvalue weighted by atomic mass is 9.80. The van der Waals surface area contributed by atoms with Crippen molar-refractivity contribution in [3.63, 3.8) is 0 Å². The van der Waals surface area contributed by atoms with E-state index >= 15 is 0 Å². The van der Waals surface area contributed by atoms with Gasteiger partial charge in [0, 0.05) is 12.6 Å². The van der Waals surface area contributed by atoms with E-state index in [1.54, 1.807) is 0 Å². The van der Waals surface area contributed by atoms with Gasteiger partial charge in [-0.15, -0.1) is 0 Å². The van der Waals surface area contributed by atoms with Crippen LogP contribution < -0.4 is 0 Å². The molecule has 11 heavy (non-hydrogen) atoms. The lowest BCUT2D eigenvalue weighted by Gasteiger charge is -2.55. The molecule has 1 aliphatic rings. The van der Waals surface area contributed by atoms with Gasteiger partial charge in [0.2, 0.25) is 0 Å². The molecule has 66 valence electrons. The molecular weight excluding hydrogens is 142 g/mol. The van der Waals surface area contributed by atoms with Crippen LogP contribution in [0.4, 0.5) is 0 Å². The second kappa shape index (κ2) is 3.52. The Kier molecular flexibility index (Phi) is 2.87. The number of aliphatic hydroxyl groups is 1. The molecule has 1 N–H and O–H groups in total. The number of hydroxylamine groups is 2. The van der Waals surface area contributed by atoms with Crippen molar-refractivity contribution < 1.29 is 5.11 Å². The maximum absolute atomic E-state index is 10.9. The van der Waals surface area contributed by atoms with Gasteiger partial charge in [0.05, 0.1) is 0 Å². The zero-order valence-electron chi connectivity index (χ0n) is 7.16. The topological polar surface area (TPSA) is 46.5 Å². The first-order chi connectivity index (χ1) is 5.16. The number of aliphatic hydroxyl groups excluding tert-OH is 1. The first-order valence-electron chi connectivity index (χ1n) is 4.21. The highest BCUT2D eigenvalue weighted by atomic mass is 16.5. The zero-order chi connectivity index (χ0) is 8.43. The lowest BCUT2D eigenvalue weighted by molar-refractivity contribution is 0.0153. The summed E-state index contributed by atoms with van der Waals surface area (Å²) in [5.41, 5.74) is 0. The van der Waals surface area contributed by atoms with Crippen molar-refractivity contribution in [3.05, 3.63) is 5.21 Å². The van der Waals surface area contributed by atoms with Crippen molar-refractivity contribution in [2.45, 2.75) is 26.3 Å². The molecule has 2 unspecified atom stereocenters. The van der Waals surface area contributed by atoms with Crippen LogP contribution in [-0.4, -0.2) is 29.4 Å². The van der Waals surface area contributed by atoms with Crippen LogP contribution in [0, 0.1) is 17.0 Å². The van der Waals surface area contributed by atoms with E-state index < -0.39 is 0 Å². The molecule has 0 amide bonds. The summed E-state index contributed by atoms with van der Waals surface area (Å²) in [5.74, 6) is 1.07. The van der Waals surface area contributed by atoms with Gasteiger partial charge in [0.25, 0.3) is 0 Å². The van der Waals surface area contributed by atoms with Crippen molar-refractivity contribution in [1.29, 1.82) is 0 Å². The maximum atomic E-state index is 10.9. The largest absolute Gasteiger partial charge is 0.785 e. The summed E-state index contributed by atoms with van der Waals surface area (Å²) in [6.45, 7) is 5.04. The normalized spacial score (nSPS) is 32.5. The average Bonchev–Trinajstić information content (AvgIpc) is 1.95. The van der Waals surface area contributed by atoms with Gasteiger partial charge >= 0.3 is 0 Å². The van der Waals surface area contributed by atoms with Crippen molar-refractivity contribution >= 4 is 0 Å². The van der Waals surface area contributed by atoms with Crippen LogP contribution in [0.3, 0.4) is 0 Å². The van der Waals surface area contributed by atoms with E-state index in [0.29, 0.717) is 24.8 Å². The summed E-state index contributed by atoms with van der Waals surface area (Å²) in [4.78, 5) is 0. The molecule has 0 aromatic rings. The van der Waals surface area contributed by atoms with Gasteiger partial charge < -0.3 is 15.4 Å². The fourth-order valence-corrected chi connectivity index (χ4v) is 1.69. The minimum Gasteiger partial charge on any atom is -0.785 e. The predicted molar refractivity (Wildman–Crippen MR) is 43.9 cm³/mol. The Balaban J connectivity index is 2.35. The highest BCUT2D eigenvalue weighted by molar-refractivity contribution is 4.93. The maximum Gasteiger partial charge on any atom is 0.0445 e. The molecule has 0 aliphatic carbocycles. The summed E-state index contributed by atoms with van der Waals surface area (Å²) >= 11 is 0. The Bertz CT molecular complexity index is 127. The third kappa shape index (κ3) is 1.72. The fraction of sp³-hybridized carbons (Fsp3) is 1.00. The molecule has 1 saturated heterocycles. The van der Waals surface area contributed by atoms with E-state index in [-0.39, 0.29) is 12.6 Å². The second-order valence-corrected chi connectivity index (χ2v) is 3.59. The number of nitrogens with zero attached hydrogens (tertiary/aromatic N) is 1. The van der Waals surface area contributed by atoms with E-state index in [1.807, 2.05) is 0 Å². The summed E-state index contributed by atoms with van der Waals surface area (Å²) in [6.07, 6.45) is 0.631. The van der Waals surface area contributed by atoms with E-state index in [4.69, 9.17) is 5.11 Å². The molecule has 0 spiro atoms. The van der Waals surface area contributed by atoms with Gasteiger partial charge in [0.1, 0.15) is 0 Å². The molecule has 1 fully saturated rings. The molecule has 0 saturated carbocycles. The SMILES string of the molecule is CC(C)C1CN([O-])C1CCO. The Morgan fingerprint density at radius 3 is 2.64 bits per heavy atom. The third-order valence-corrected chi connectivity index (χ3v) is 2.54. The second-order valence-electron chi connectivity index (χ2n) is 3.59. The van der Waals surface area contributed by atoms with Gasteiger partial charge in [0.15, 0.2) is 0 Å². The molecular formula is C8H16NO2-. The Morgan fingerprint density at radius 1 is 1.64 bits per heavy atom. The highest BCUT2D eigenvalue weighted by Crippen LogP contribution is 2.31. The van der Waals surface area contributed by atoms with Crippen LogP contribution in [0.25, 0.3) is 0 Å². The first-order valence-corrected chi connectivity index (χ1v) is 4.21. The zero-order valence-corrected chi connectivity index (χ0v) is 7.16. The summed E-state index contributed by atoms with van der Waals surface area (Å²) in [7, 11) is 0. The van der Waals surface area contributed by atoms with Crippen LogP contribution >= 0.6 is 0 Å². The highest BCUT2D eigenvalue weighted by Gasteiger charge is 2.33. The van der Waals surface area contributed by atoms with Crippen LogP contribution in [0.5, 0.6) is 0 Å². The smallest absolute Gasteiger partial charge is 0.0445 e. The Labute approximate surface area is 67.6 Å². The van der Waals surface area contributed by atoms with Crippen LogP contribution in [0.1, 0.15) is 20.3 Å². The van der Waals surface area contributed by atoms with Crippen molar-refractivity contribution in [1.82, 2.24) is 5.06 Å². The van der Waals surface area contributed by atoms with E-state index in [9.17, 15) is 5.21 Å². The third-order valence-electron chi connectivity index (χ3n) is 2.54. The van der Waals surface area contributed by atoms with Gasteiger partial charge in [-0.3, -0.25) is 0 Å². The molecule has 1 heterocycles.